The van der Waals surface area contributed by atoms with Crippen LogP contribution in [0.15, 0.2) is 24.5 Å². The zero-order chi connectivity index (χ0) is 12.8. The maximum absolute atomic E-state index is 5.61. The Labute approximate surface area is 108 Å². The zero-order valence-electron chi connectivity index (χ0n) is 10.9. The van der Waals surface area contributed by atoms with Gasteiger partial charge in [-0.2, -0.15) is 0 Å². The number of nitrogens with one attached hydrogen (secondary N) is 2. The van der Waals surface area contributed by atoms with Crippen molar-refractivity contribution in [3.05, 3.63) is 30.1 Å². The minimum absolute atomic E-state index is 0.170. The second-order valence-electron chi connectivity index (χ2n) is 4.24. The number of hydrazine groups is 1. The quantitative estimate of drug-likeness (QED) is 0.748. The number of aromatic nitrogens is 1. The van der Waals surface area contributed by atoms with E-state index in [2.05, 4.69) is 15.8 Å². The molecule has 0 amide bonds. The zero-order valence-corrected chi connectivity index (χ0v) is 10.9. The molecular formula is C13H21N3O2. The molecule has 2 atom stereocenters. The summed E-state index contributed by atoms with van der Waals surface area (Å²) < 4.78 is 11.2. The van der Waals surface area contributed by atoms with E-state index in [1.165, 1.54) is 5.56 Å². The van der Waals surface area contributed by atoms with Crippen molar-refractivity contribution in [3.8, 4) is 0 Å². The Morgan fingerprint density at radius 2 is 1.89 bits per heavy atom. The van der Waals surface area contributed by atoms with E-state index in [9.17, 15) is 0 Å². The van der Waals surface area contributed by atoms with E-state index >= 15 is 0 Å². The Kier molecular flexibility index (Phi) is 5.07. The Hall–Kier alpha value is -1.01. The number of hydrogen-bond acceptors (Lipinski definition) is 5. The molecule has 1 aliphatic rings. The third-order valence-electron chi connectivity index (χ3n) is 3.03. The van der Waals surface area contributed by atoms with Gasteiger partial charge in [0.05, 0.1) is 6.04 Å². The smallest absolute Gasteiger partial charge is 0.174 e. The minimum atomic E-state index is -0.195. The van der Waals surface area contributed by atoms with E-state index in [4.69, 9.17) is 9.47 Å². The fourth-order valence-corrected chi connectivity index (χ4v) is 2.18. The lowest BCUT2D eigenvalue weighted by Gasteiger charge is -2.22. The fraction of sp³-hybridized carbons (Fsp3) is 0.615. The third-order valence-corrected chi connectivity index (χ3v) is 3.03. The van der Waals surface area contributed by atoms with E-state index in [0.717, 1.165) is 6.42 Å². The average Bonchev–Trinajstić information content (AvgIpc) is 2.89. The summed E-state index contributed by atoms with van der Waals surface area (Å²) in [4.78, 5) is 4.03. The van der Waals surface area contributed by atoms with Crippen LogP contribution in [0.4, 0.5) is 0 Å². The molecule has 100 valence electrons. The molecule has 1 aliphatic heterocycles. The monoisotopic (exact) mass is 251 g/mol. The van der Waals surface area contributed by atoms with Crippen molar-refractivity contribution >= 4 is 0 Å². The molecule has 0 aromatic carbocycles. The van der Waals surface area contributed by atoms with E-state index in [-0.39, 0.29) is 18.4 Å². The van der Waals surface area contributed by atoms with E-state index in [1.54, 1.807) is 0 Å². The number of rotatable bonds is 6. The van der Waals surface area contributed by atoms with Crippen LogP contribution in [0.1, 0.15) is 31.9 Å². The largest absolute Gasteiger partial charge is 0.351 e. The fourth-order valence-electron chi connectivity index (χ4n) is 2.18. The van der Waals surface area contributed by atoms with Gasteiger partial charge < -0.3 is 9.47 Å². The minimum Gasteiger partial charge on any atom is -0.351 e. The van der Waals surface area contributed by atoms with Gasteiger partial charge in [0.1, 0.15) is 0 Å². The molecule has 0 bridgehead atoms. The van der Waals surface area contributed by atoms with Gasteiger partial charge in [-0.3, -0.25) is 4.98 Å². The molecule has 2 unspecified atom stereocenters. The molecular weight excluding hydrogens is 230 g/mol. The molecule has 18 heavy (non-hydrogen) atoms. The SMILES string of the molecule is CCOC(OCC)C1CC(c2ccncc2)NN1. The number of ether oxygens (including phenoxy) is 2. The summed E-state index contributed by atoms with van der Waals surface area (Å²) in [7, 11) is 0. The summed E-state index contributed by atoms with van der Waals surface area (Å²) in [6.45, 7) is 5.27. The highest BCUT2D eigenvalue weighted by Crippen LogP contribution is 2.24. The Bertz CT molecular complexity index is 341. The van der Waals surface area contributed by atoms with Gasteiger partial charge in [-0.05, 0) is 38.0 Å². The van der Waals surface area contributed by atoms with Crippen LogP contribution < -0.4 is 10.9 Å². The second-order valence-corrected chi connectivity index (χ2v) is 4.24. The molecule has 2 heterocycles. The molecule has 1 saturated heterocycles. The molecule has 0 aliphatic carbocycles. The van der Waals surface area contributed by atoms with Crippen LogP contribution in [0.25, 0.3) is 0 Å². The molecule has 2 rings (SSSR count). The molecule has 0 spiro atoms. The predicted molar refractivity (Wildman–Crippen MR) is 68.7 cm³/mol. The third kappa shape index (κ3) is 3.26. The highest BCUT2D eigenvalue weighted by molar-refractivity contribution is 5.16. The Balaban J connectivity index is 1.94. The van der Waals surface area contributed by atoms with Gasteiger partial charge in [0.25, 0.3) is 0 Å². The summed E-state index contributed by atoms with van der Waals surface area (Å²) in [6.07, 6.45) is 4.37. The Morgan fingerprint density at radius 3 is 2.50 bits per heavy atom. The first kappa shape index (κ1) is 13.4. The van der Waals surface area contributed by atoms with Gasteiger partial charge in [-0.25, -0.2) is 10.9 Å². The number of hydrogen-bond donors (Lipinski definition) is 2. The molecule has 1 fully saturated rings. The van der Waals surface area contributed by atoms with E-state index < -0.39 is 0 Å². The van der Waals surface area contributed by atoms with E-state index in [0.29, 0.717) is 13.2 Å². The lowest BCUT2D eigenvalue weighted by molar-refractivity contribution is -0.152. The summed E-state index contributed by atoms with van der Waals surface area (Å²) >= 11 is 0. The highest BCUT2D eigenvalue weighted by Gasteiger charge is 2.31. The molecule has 0 radical (unpaired) electrons. The molecule has 1 aromatic rings. The van der Waals surface area contributed by atoms with Gasteiger partial charge in [0.15, 0.2) is 6.29 Å². The lowest BCUT2D eigenvalue weighted by atomic mass is 10.0. The summed E-state index contributed by atoms with van der Waals surface area (Å²) in [5.41, 5.74) is 7.77. The van der Waals surface area contributed by atoms with Gasteiger partial charge in [-0.1, -0.05) is 0 Å². The van der Waals surface area contributed by atoms with Gasteiger partial charge in [-0.15, -0.1) is 0 Å². The molecule has 0 saturated carbocycles. The van der Waals surface area contributed by atoms with Crippen LogP contribution in [0.3, 0.4) is 0 Å². The van der Waals surface area contributed by atoms with Gasteiger partial charge in [0.2, 0.25) is 0 Å². The molecule has 5 heteroatoms. The molecule has 5 nitrogen and oxygen atoms in total. The lowest BCUT2D eigenvalue weighted by Crippen LogP contribution is -2.42. The van der Waals surface area contributed by atoms with Crippen molar-refractivity contribution in [2.45, 2.75) is 38.6 Å². The van der Waals surface area contributed by atoms with Crippen LogP contribution in [-0.4, -0.2) is 30.5 Å². The maximum Gasteiger partial charge on any atom is 0.174 e. The molecule has 1 aromatic heterocycles. The van der Waals surface area contributed by atoms with Crippen molar-refractivity contribution in [1.29, 1.82) is 0 Å². The first-order valence-electron chi connectivity index (χ1n) is 6.49. The predicted octanol–water partition coefficient (Wildman–Crippen LogP) is 1.39. The molecule has 2 N–H and O–H groups in total. The summed E-state index contributed by atoms with van der Waals surface area (Å²) in [6, 6.07) is 4.50. The summed E-state index contributed by atoms with van der Waals surface area (Å²) in [5.74, 6) is 0. The second kappa shape index (κ2) is 6.80. The number of pyridine rings is 1. The Morgan fingerprint density at radius 1 is 1.22 bits per heavy atom. The normalized spacial score (nSPS) is 23.7. The topological polar surface area (TPSA) is 55.4 Å². The maximum atomic E-state index is 5.61. The van der Waals surface area contributed by atoms with Crippen molar-refractivity contribution in [3.63, 3.8) is 0 Å². The van der Waals surface area contributed by atoms with Gasteiger partial charge in [0, 0.05) is 31.6 Å². The first-order chi connectivity index (χ1) is 8.85. The van der Waals surface area contributed by atoms with Crippen molar-refractivity contribution in [2.24, 2.45) is 0 Å². The van der Waals surface area contributed by atoms with E-state index in [1.807, 2.05) is 38.4 Å². The van der Waals surface area contributed by atoms with Crippen LogP contribution in [0, 0.1) is 0 Å². The average molecular weight is 251 g/mol. The van der Waals surface area contributed by atoms with Crippen molar-refractivity contribution < 1.29 is 9.47 Å². The highest BCUT2D eigenvalue weighted by atomic mass is 16.7. The van der Waals surface area contributed by atoms with Gasteiger partial charge >= 0.3 is 0 Å². The number of nitrogens with zero attached hydrogens (tertiary/aromatic N) is 1. The van der Waals surface area contributed by atoms with Crippen LogP contribution in [0.5, 0.6) is 0 Å². The van der Waals surface area contributed by atoms with Crippen LogP contribution in [0.2, 0.25) is 0 Å². The standard InChI is InChI=1S/C13H21N3O2/c1-3-17-13(18-4-2)12-9-11(15-16-12)10-5-7-14-8-6-10/h5-8,11-13,15-16H,3-4,9H2,1-2H3. The van der Waals surface area contributed by atoms with Crippen LogP contribution in [-0.2, 0) is 9.47 Å². The van der Waals surface area contributed by atoms with Crippen LogP contribution >= 0.6 is 0 Å². The summed E-state index contributed by atoms with van der Waals surface area (Å²) in [5, 5.41) is 0. The first-order valence-corrected chi connectivity index (χ1v) is 6.49. The van der Waals surface area contributed by atoms with Crippen molar-refractivity contribution in [2.75, 3.05) is 13.2 Å². The van der Waals surface area contributed by atoms with Crippen molar-refractivity contribution in [1.82, 2.24) is 15.8 Å².